The van der Waals surface area contributed by atoms with Gasteiger partial charge in [-0.05, 0) is 74.1 Å². The third kappa shape index (κ3) is 3.93. The summed E-state index contributed by atoms with van der Waals surface area (Å²) < 4.78 is 11.8. The van der Waals surface area contributed by atoms with Crippen LogP contribution in [-0.2, 0) is 13.2 Å². The first kappa shape index (κ1) is 20.2. The Kier molecular flexibility index (Phi) is 5.20. The molecule has 2 atom stereocenters. The Bertz CT molecular complexity index is 899. The van der Waals surface area contributed by atoms with E-state index in [1.54, 1.807) is 7.11 Å². The van der Waals surface area contributed by atoms with Crippen LogP contribution in [0.25, 0.3) is 0 Å². The Labute approximate surface area is 183 Å². The van der Waals surface area contributed by atoms with Gasteiger partial charge in [0, 0.05) is 22.7 Å². The third-order valence-electron chi connectivity index (χ3n) is 7.26. The Balaban J connectivity index is 1.33. The summed E-state index contributed by atoms with van der Waals surface area (Å²) in [5.41, 5.74) is 1.74. The molecule has 4 saturated carbocycles. The number of hydrogen-bond acceptors (Lipinski definition) is 4. The van der Waals surface area contributed by atoms with Gasteiger partial charge in [-0.25, -0.2) is 0 Å². The number of methoxy groups -OCH3 is 1. The Morgan fingerprint density at radius 2 is 1.80 bits per heavy atom. The Morgan fingerprint density at radius 3 is 2.47 bits per heavy atom. The molecule has 2 N–H and O–H groups in total. The summed E-state index contributed by atoms with van der Waals surface area (Å²) in [5.74, 6) is 2.85. The zero-order valence-electron chi connectivity index (χ0n) is 17.5. The molecule has 4 aliphatic rings. The number of aliphatic hydroxyl groups is 1. The van der Waals surface area contributed by atoms with E-state index in [0.717, 1.165) is 46.9 Å². The minimum absolute atomic E-state index is 0.0510. The first-order chi connectivity index (χ1) is 14.5. The molecule has 0 radical (unpaired) electrons. The highest BCUT2D eigenvalue weighted by Gasteiger charge is 2.56. The number of ether oxygens (including phenoxy) is 2. The van der Waals surface area contributed by atoms with Crippen molar-refractivity contribution in [1.82, 2.24) is 5.32 Å². The highest BCUT2D eigenvalue weighted by atomic mass is 35.5. The van der Waals surface area contributed by atoms with Crippen molar-refractivity contribution in [1.29, 1.82) is 0 Å². The van der Waals surface area contributed by atoms with E-state index in [1.807, 2.05) is 36.4 Å². The topological polar surface area (TPSA) is 50.7 Å². The van der Waals surface area contributed by atoms with Crippen molar-refractivity contribution in [2.24, 2.45) is 11.8 Å². The number of nitrogens with one attached hydrogen (secondary N) is 1. The molecule has 160 valence electrons. The maximum absolute atomic E-state index is 11.0. The van der Waals surface area contributed by atoms with E-state index < -0.39 is 5.60 Å². The number of para-hydroxylation sites is 1. The van der Waals surface area contributed by atoms with Crippen molar-refractivity contribution in [3.05, 3.63) is 58.6 Å². The second kappa shape index (κ2) is 7.74. The lowest BCUT2D eigenvalue weighted by molar-refractivity contribution is -0.142. The van der Waals surface area contributed by atoms with Crippen LogP contribution in [0.5, 0.6) is 11.5 Å². The minimum Gasteiger partial charge on any atom is -0.493 e. The summed E-state index contributed by atoms with van der Waals surface area (Å²) in [6.07, 6.45) is 6.49. The number of rotatable bonds is 7. The van der Waals surface area contributed by atoms with E-state index in [-0.39, 0.29) is 5.54 Å². The van der Waals surface area contributed by atoms with Gasteiger partial charge in [-0.15, -0.1) is 0 Å². The maximum Gasteiger partial charge on any atom is 0.166 e. The molecule has 6 rings (SSSR count). The lowest BCUT2D eigenvalue weighted by atomic mass is 9.51. The predicted molar refractivity (Wildman–Crippen MR) is 118 cm³/mol. The van der Waals surface area contributed by atoms with E-state index in [9.17, 15) is 5.11 Å². The van der Waals surface area contributed by atoms with E-state index in [4.69, 9.17) is 21.1 Å². The van der Waals surface area contributed by atoms with Gasteiger partial charge < -0.3 is 19.9 Å². The van der Waals surface area contributed by atoms with Crippen LogP contribution in [-0.4, -0.2) is 23.4 Å². The Morgan fingerprint density at radius 1 is 1.07 bits per heavy atom. The van der Waals surface area contributed by atoms with E-state index in [0.29, 0.717) is 25.0 Å². The van der Waals surface area contributed by atoms with Crippen LogP contribution in [0.2, 0.25) is 5.02 Å². The average Bonchev–Trinajstić information content (AvgIpc) is 2.70. The standard InChI is InChI=1S/C25H30ClNO3/c1-29-22-4-2-3-20(23(22)30-15-17-5-7-21(26)8-6-17)14-27-24-10-18-9-19(11-24)13-25(28,12-18)16-24/h2-8,18-19,27-28H,9-16H2,1H3. The van der Waals surface area contributed by atoms with Crippen LogP contribution in [0.3, 0.4) is 0 Å². The molecule has 4 aliphatic carbocycles. The van der Waals surface area contributed by atoms with Gasteiger partial charge in [0.25, 0.3) is 0 Å². The molecule has 0 saturated heterocycles. The van der Waals surface area contributed by atoms with Crippen molar-refractivity contribution in [3.8, 4) is 11.5 Å². The monoisotopic (exact) mass is 427 g/mol. The summed E-state index contributed by atoms with van der Waals surface area (Å²) in [7, 11) is 1.68. The fraction of sp³-hybridized carbons (Fsp3) is 0.520. The number of hydrogen-bond donors (Lipinski definition) is 2. The smallest absolute Gasteiger partial charge is 0.166 e. The van der Waals surface area contributed by atoms with Crippen LogP contribution in [0.1, 0.15) is 49.7 Å². The van der Waals surface area contributed by atoms with Crippen molar-refractivity contribution < 1.29 is 14.6 Å². The zero-order valence-corrected chi connectivity index (χ0v) is 18.3. The third-order valence-corrected chi connectivity index (χ3v) is 7.51. The first-order valence-electron chi connectivity index (χ1n) is 11.0. The molecule has 4 fully saturated rings. The van der Waals surface area contributed by atoms with Crippen LogP contribution in [0.4, 0.5) is 0 Å². The summed E-state index contributed by atoms with van der Waals surface area (Å²) in [5, 5.41) is 15.6. The quantitative estimate of drug-likeness (QED) is 0.645. The molecule has 4 bridgehead atoms. The van der Waals surface area contributed by atoms with E-state index in [1.165, 1.54) is 19.3 Å². The molecule has 5 heteroatoms. The van der Waals surface area contributed by atoms with Crippen molar-refractivity contribution in [3.63, 3.8) is 0 Å². The fourth-order valence-electron chi connectivity index (χ4n) is 6.46. The largest absolute Gasteiger partial charge is 0.493 e. The SMILES string of the molecule is COc1cccc(CNC23CC4CC(CC(O)(C4)C2)C3)c1OCc1ccc(Cl)cc1. The van der Waals surface area contributed by atoms with Gasteiger partial charge in [-0.1, -0.05) is 35.9 Å². The summed E-state index contributed by atoms with van der Waals surface area (Å²) in [4.78, 5) is 0. The summed E-state index contributed by atoms with van der Waals surface area (Å²) in [6, 6.07) is 13.8. The molecule has 0 aliphatic heterocycles. The minimum atomic E-state index is -0.459. The number of benzene rings is 2. The molecule has 0 heterocycles. The second-order valence-electron chi connectivity index (χ2n) is 9.68. The molecular formula is C25H30ClNO3. The van der Waals surface area contributed by atoms with E-state index >= 15 is 0 Å². The molecule has 2 unspecified atom stereocenters. The normalized spacial score (nSPS) is 31.7. The molecule has 2 aromatic rings. The van der Waals surface area contributed by atoms with Gasteiger partial charge in [0.2, 0.25) is 0 Å². The van der Waals surface area contributed by atoms with Crippen LogP contribution in [0.15, 0.2) is 42.5 Å². The average molecular weight is 428 g/mol. The van der Waals surface area contributed by atoms with Gasteiger partial charge >= 0.3 is 0 Å². The number of halogens is 1. The molecule has 0 aromatic heterocycles. The summed E-state index contributed by atoms with van der Waals surface area (Å²) >= 11 is 5.99. The molecule has 2 aromatic carbocycles. The molecule has 4 nitrogen and oxygen atoms in total. The maximum atomic E-state index is 11.0. The van der Waals surface area contributed by atoms with Gasteiger partial charge in [-0.3, -0.25) is 0 Å². The van der Waals surface area contributed by atoms with Crippen molar-refractivity contribution in [2.75, 3.05) is 7.11 Å². The summed E-state index contributed by atoms with van der Waals surface area (Å²) in [6.45, 7) is 1.17. The van der Waals surface area contributed by atoms with Crippen LogP contribution < -0.4 is 14.8 Å². The second-order valence-corrected chi connectivity index (χ2v) is 10.1. The molecular weight excluding hydrogens is 398 g/mol. The van der Waals surface area contributed by atoms with Gasteiger partial charge in [0.15, 0.2) is 11.5 Å². The first-order valence-corrected chi connectivity index (χ1v) is 11.3. The Hall–Kier alpha value is -1.75. The van der Waals surface area contributed by atoms with Crippen LogP contribution >= 0.6 is 11.6 Å². The van der Waals surface area contributed by atoms with Crippen LogP contribution in [0, 0.1) is 11.8 Å². The van der Waals surface area contributed by atoms with Gasteiger partial charge in [-0.2, -0.15) is 0 Å². The highest BCUT2D eigenvalue weighted by Crippen LogP contribution is 2.57. The van der Waals surface area contributed by atoms with Crippen molar-refractivity contribution in [2.45, 2.75) is 62.8 Å². The van der Waals surface area contributed by atoms with Gasteiger partial charge in [0.1, 0.15) is 6.61 Å². The lowest BCUT2D eigenvalue weighted by Crippen LogP contribution is -2.64. The van der Waals surface area contributed by atoms with E-state index in [2.05, 4.69) is 11.4 Å². The molecule has 0 spiro atoms. The zero-order chi connectivity index (χ0) is 20.8. The lowest BCUT2D eigenvalue weighted by Gasteiger charge is -2.60. The van der Waals surface area contributed by atoms with Gasteiger partial charge in [0.05, 0.1) is 12.7 Å². The molecule has 30 heavy (non-hydrogen) atoms. The predicted octanol–water partition coefficient (Wildman–Crippen LogP) is 5.10. The van der Waals surface area contributed by atoms with Crippen molar-refractivity contribution >= 4 is 11.6 Å². The highest BCUT2D eigenvalue weighted by molar-refractivity contribution is 6.30. The fourth-order valence-corrected chi connectivity index (χ4v) is 6.59. The molecule has 0 amide bonds.